The zero-order valence-corrected chi connectivity index (χ0v) is 20.2. The van der Waals surface area contributed by atoms with Crippen LogP contribution in [0.15, 0.2) is 24.3 Å². The minimum absolute atomic E-state index is 0. The van der Waals surface area contributed by atoms with Crippen molar-refractivity contribution in [2.45, 2.75) is 75.9 Å². The van der Waals surface area contributed by atoms with Crippen molar-refractivity contribution in [3.05, 3.63) is 35.4 Å². The minimum atomic E-state index is -1.01. The number of carboxylic acids is 1. The average molecular weight is 494 g/mol. The largest absolute Gasteiger partial charge is 0.480 e. The van der Waals surface area contributed by atoms with Gasteiger partial charge in [0.25, 0.3) is 0 Å². The van der Waals surface area contributed by atoms with Crippen LogP contribution in [0, 0.1) is 11.3 Å². The predicted molar refractivity (Wildman–Crippen MR) is 132 cm³/mol. The summed E-state index contributed by atoms with van der Waals surface area (Å²) in [5, 5.41) is 25.5. The van der Waals surface area contributed by atoms with E-state index in [1.807, 2.05) is 12.1 Å². The number of benzene rings is 1. The van der Waals surface area contributed by atoms with Gasteiger partial charge < -0.3 is 21.5 Å². The highest BCUT2D eigenvalue weighted by atomic mass is 35.5. The Bertz CT molecular complexity index is 865. The van der Waals surface area contributed by atoms with E-state index in [1.54, 1.807) is 12.1 Å². The second kappa shape index (κ2) is 12.7. The number of rotatable bonds is 10. The highest BCUT2D eigenvalue weighted by Crippen LogP contribution is 2.32. The molecule has 7 N–H and O–H groups in total. The number of carboxylic acid groups (broad SMARTS) is 1. The van der Waals surface area contributed by atoms with Crippen molar-refractivity contribution in [1.82, 2.24) is 16.0 Å². The van der Waals surface area contributed by atoms with Crippen LogP contribution in [0.2, 0.25) is 0 Å². The number of halogens is 1. The van der Waals surface area contributed by atoms with E-state index in [1.165, 1.54) is 0 Å². The third-order valence-corrected chi connectivity index (χ3v) is 6.85. The van der Waals surface area contributed by atoms with Crippen LogP contribution in [-0.4, -0.2) is 46.9 Å². The molecule has 9 nitrogen and oxygen atoms in total. The molecule has 1 aromatic rings. The van der Waals surface area contributed by atoms with Gasteiger partial charge in [0.2, 0.25) is 11.8 Å². The highest BCUT2D eigenvalue weighted by Gasteiger charge is 2.44. The SMILES string of the molecule is Cl.N=C(N)c1ccc(CNC(=O)C2(NC(=O)[C@H](NCC(=O)O)C3CCCCC3)CCCC2)cc1. The molecular weight excluding hydrogens is 458 g/mol. The van der Waals surface area contributed by atoms with E-state index in [0.29, 0.717) is 24.9 Å². The predicted octanol–water partition coefficient (Wildman–Crippen LogP) is 2.06. The molecule has 0 radical (unpaired) electrons. The Morgan fingerprint density at radius 1 is 1.06 bits per heavy atom. The molecule has 0 aliphatic heterocycles. The first kappa shape index (κ1) is 27.6. The Morgan fingerprint density at radius 3 is 2.24 bits per heavy atom. The van der Waals surface area contributed by atoms with Gasteiger partial charge in [0.1, 0.15) is 11.4 Å². The van der Waals surface area contributed by atoms with Crippen LogP contribution in [0.1, 0.15) is 68.9 Å². The fourth-order valence-electron chi connectivity index (χ4n) is 4.99. The molecule has 0 heterocycles. The lowest BCUT2D eigenvalue weighted by molar-refractivity contribution is -0.138. The number of hydrogen-bond donors (Lipinski definition) is 6. The van der Waals surface area contributed by atoms with Gasteiger partial charge in [-0.15, -0.1) is 12.4 Å². The van der Waals surface area contributed by atoms with Gasteiger partial charge in [-0.3, -0.25) is 25.1 Å². The van der Waals surface area contributed by atoms with Gasteiger partial charge in [0, 0.05) is 12.1 Å². The summed E-state index contributed by atoms with van der Waals surface area (Å²) in [5.41, 5.74) is 6.00. The molecule has 0 unspecified atom stereocenters. The molecule has 2 aliphatic carbocycles. The molecule has 2 amide bonds. The number of amidine groups is 1. The van der Waals surface area contributed by atoms with Gasteiger partial charge in [0.05, 0.1) is 12.6 Å². The van der Waals surface area contributed by atoms with E-state index >= 15 is 0 Å². The molecule has 0 saturated heterocycles. The Morgan fingerprint density at radius 2 is 1.68 bits per heavy atom. The van der Waals surface area contributed by atoms with E-state index in [2.05, 4.69) is 16.0 Å². The van der Waals surface area contributed by atoms with Crippen molar-refractivity contribution >= 4 is 36.0 Å². The Balaban J connectivity index is 0.00000408. The molecule has 3 rings (SSSR count). The lowest BCUT2D eigenvalue weighted by Crippen LogP contribution is -2.62. The molecule has 2 fully saturated rings. The van der Waals surface area contributed by atoms with Crippen molar-refractivity contribution in [2.24, 2.45) is 11.7 Å². The Hall–Kier alpha value is -2.65. The summed E-state index contributed by atoms with van der Waals surface area (Å²) in [6, 6.07) is 6.47. The average Bonchev–Trinajstić information content (AvgIpc) is 3.28. The van der Waals surface area contributed by atoms with E-state index < -0.39 is 17.6 Å². The van der Waals surface area contributed by atoms with Gasteiger partial charge in [0.15, 0.2) is 0 Å². The van der Waals surface area contributed by atoms with Crippen molar-refractivity contribution in [1.29, 1.82) is 5.41 Å². The fraction of sp³-hybridized carbons (Fsp3) is 0.583. The van der Waals surface area contributed by atoms with Gasteiger partial charge in [-0.1, -0.05) is 56.4 Å². The molecule has 2 aliphatic rings. The van der Waals surface area contributed by atoms with Crippen LogP contribution in [0.25, 0.3) is 0 Å². The number of carbonyl (C=O) groups excluding carboxylic acids is 2. The number of nitrogens with two attached hydrogens (primary N) is 1. The fourth-order valence-corrected chi connectivity index (χ4v) is 4.99. The Kier molecular flexibility index (Phi) is 10.3. The summed E-state index contributed by atoms with van der Waals surface area (Å²) < 4.78 is 0. The number of hydrogen-bond acceptors (Lipinski definition) is 5. The van der Waals surface area contributed by atoms with Crippen LogP contribution >= 0.6 is 12.4 Å². The van der Waals surface area contributed by atoms with Gasteiger partial charge in [-0.25, -0.2) is 0 Å². The first-order valence-corrected chi connectivity index (χ1v) is 11.8. The van der Waals surface area contributed by atoms with Gasteiger partial charge in [-0.2, -0.15) is 0 Å². The number of amides is 2. The maximum absolute atomic E-state index is 13.3. The normalized spacial score (nSPS) is 18.4. The maximum Gasteiger partial charge on any atom is 0.317 e. The van der Waals surface area contributed by atoms with Crippen LogP contribution in [0.5, 0.6) is 0 Å². The number of aliphatic carboxylic acids is 1. The Labute approximate surface area is 206 Å². The second-order valence-electron chi connectivity index (χ2n) is 9.22. The van der Waals surface area contributed by atoms with E-state index in [4.69, 9.17) is 16.2 Å². The third-order valence-electron chi connectivity index (χ3n) is 6.85. The standard InChI is InChI=1S/C24H35N5O4.ClH/c25-21(26)18-10-8-16(9-11-18)14-28-23(33)24(12-4-5-13-24)29-22(32)20(27-15-19(30)31)17-6-2-1-3-7-17;/h8-11,17,20,27H,1-7,12-15H2,(H3,25,26)(H,28,33)(H,29,32)(H,30,31);1H/t20-;/m1./s1. The molecule has 0 aromatic heterocycles. The van der Waals surface area contributed by atoms with E-state index in [9.17, 15) is 14.4 Å². The summed E-state index contributed by atoms with van der Waals surface area (Å²) >= 11 is 0. The monoisotopic (exact) mass is 493 g/mol. The molecular formula is C24H36ClN5O4. The smallest absolute Gasteiger partial charge is 0.317 e. The lowest BCUT2D eigenvalue weighted by atomic mass is 9.83. The van der Waals surface area contributed by atoms with Crippen LogP contribution < -0.4 is 21.7 Å². The zero-order valence-electron chi connectivity index (χ0n) is 19.4. The van der Waals surface area contributed by atoms with Crippen LogP contribution in [-0.2, 0) is 20.9 Å². The lowest BCUT2D eigenvalue weighted by Gasteiger charge is -2.34. The summed E-state index contributed by atoms with van der Waals surface area (Å²) in [5.74, 6) is -1.45. The molecule has 188 valence electrons. The first-order valence-electron chi connectivity index (χ1n) is 11.8. The van der Waals surface area contributed by atoms with Crippen LogP contribution in [0.4, 0.5) is 0 Å². The first-order chi connectivity index (χ1) is 15.8. The van der Waals surface area contributed by atoms with Crippen LogP contribution in [0.3, 0.4) is 0 Å². The molecule has 10 heteroatoms. The van der Waals surface area contributed by atoms with E-state index in [0.717, 1.165) is 50.5 Å². The maximum atomic E-state index is 13.3. The molecule has 0 bridgehead atoms. The molecule has 0 spiro atoms. The summed E-state index contributed by atoms with van der Waals surface area (Å²) in [6.07, 6.45) is 7.74. The molecule has 2 saturated carbocycles. The quantitative estimate of drug-likeness (QED) is 0.216. The second-order valence-corrected chi connectivity index (χ2v) is 9.22. The van der Waals surface area contributed by atoms with Crippen molar-refractivity contribution in [3.8, 4) is 0 Å². The number of carbonyl (C=O) groups is 3. The zero-order chi connectivity index (χ0) is 23.8. The molecule has 34 heavy (non-hydrogen) atoms. The van der Waals surface area contributed by atoms with Crippen molar-refractivity contribution in [3.63, 3.8) is 0 Å². The number of nitrogen functional groups attached to an aromatic ring is 1. The van der Waals surface area contributed by atoms with Gasteiger partial charge >= 0.3 is 5.97 Å². The van der Waals surface area contributed by atoms with Gasteiger partial charge in [-0.05, 0) is 37.2 Å². The molecule has 1 aromatic carbocycles. The van der Waals surface area contributed by atoms with E-state index in [-0.39, 0.29) is 42.5 Å². The molecule has 1 atom stereocenters. The topological polar surface area (TPSA) is 157 Å². The summed E-state index contributed by atoms with van der Waals surface area (Å²) in [6.45, 7) is 0.0159. The summed E-state index contributed by atoms with van der Waals surface area (Å²) in [4.78, 5) is 37.7. The number of nitrogens with one attached hydrogen (secondary N) is 4. The third kappa shape index (κ3) is 7.17. The van der Waals surface area contributed by atoms with Crippen molar-refractivity contribution < 1.29 is 19.5 Å². The minimum Gasteiger partial charge on any atom is -0.480 e. The van der Waals surface area contributed by atoms with Crippen molar-refractivity contribution in [2.75, 3.05) is 6.54 Å². The summed E-state index contributed by atoms with van der Waals surface area (Å²) in [7, 11) is 0. The highest BCUT2D eigenvalue weighted by molar-refractivity contribution is 5.95.